The van der Waals surface area contributed by atoms with Gasteiger partial charge in [0.25, 0.3) is 5.91 Å². The Hall–Kier alpha value is -5.65. The lowest BCUT2D eigenvalue weighted by Gasteiger charge is -2.10. The van der Waals surface area contributed by atoms with Gasteiger partial charge in [-0.05, 0) is 35.9 Å². The van der Waals surface area contributed by atoms with Crippen LogP contribution in [0.4, 0.5) is 11.5 Å². The summed E-state index contributed by atoms with van der Waals surface area (Å²) in [5, 5.41) is 18.0. The molecule has 2 aromatic heterocycles. The Morgan fingerprint density at radius 3 is 2.02 bits per heavy atom. The second kappa shape index (κ2) is 11.6. The van der Waals surface area contributed by atoms with Gasteiger partial charge in [0.15, 0.2) is 5.82 Å². The molecule has 0 aliphatic carbocycles. The maximum absolute atomic E-state index is 13.2. The van der Waals surface area contributed by atoms with E-state index in [4.69, 9.17) is 9.98 Å². The van der Waals surface area contributed by atoms with Crippen LogP contribution in [0, 0.1) is 11.3 Å². The Morgan fingerprint density at radius 2 is 1.39 bits per heavy atom. The summed E-state index contributed by atoms with van der Waals surface area (Å²) in [7, 11) is 0. The van der Waals surface area contributed by atoms with Crippen LogP contribution < -0.4 is 10.1 Å². The van der Waals surface area contributed by atoms with Crippen molar-refractivity contribution < 1.29 is 4.79 Å². The molecule has 0 radical (unpaired) electrons. The number of rotatable bonds is 6. The van der Waals surface area contributed by atoms with E-state index in [9.17, 15) is 10.1 Å². The first-order valence-corrected chi connectivity index (χ1v) is 13.6. The minimum atomic E-state index is -0.358. The molecule has 8 heteroatoms. The third-order valence-electron chi connectivity index (χ3n) is 6.25. The maximum Gasteiger partial charge on any atom is 0.286 e. The predicted octanol–water partition coefficient (Wildman–Crippen LogP) is 7.02. The van der Waals surface area contributed by atoms with Crippen LogP contribution in [0.5, 0.6) is 0 Å². The van der Waals surface area contributed by atoms with Gasteiger partial charge < -0.3 is 5.32 Å². The molecule has 0 spiro atoms. The molecule has 41 heavy (non-hydrogen) atoms. The van der Waals surface area contributed by atoms with Crippen LogP contribution in [0.1, 0.15) is 15.4 Å². The minimum Gasteiger partial charge on any atom is -0.320 e. The number of carbonyl (C=O) groups excluding carboxylic acids is 1. The van der Waals surface area contributed by atoms with E-state index in [-0.39, 0.29) is 16.7 Å². The highest BCUT2D eigenvalue weighted by Crippen LogP contribution is 2.33. The van der Waals surface area contributed by atoms with Crippen LogP contribution in [-0.4, -0.2) is 20.7 Å². The van der Waals surface area contributed by atoms with Gasteiger partial charge in [-0.2, -0.15) is 10.3 Å². The van der Waals surface area contributed by atoms with Gasteiger partial charge in [-0.1, -0.05) is 108 Å². The zero-order chi connectivity index (χ0) is 28.0. The molecule has 0 aliphatic rings. The van der Waals surface area contributed by atoms with E-state index in [1.165, 1.54) is 0 Å². The van der Waals surface area contributed by atoms with Crippen LogP contribution in [0.25, 0.3) is 28.1 Å². The van der Waals surface area contributed by atoms with E-state index in [1.54, 1.807) is 4.68 Å². The fourth-order valence-corrected chi connectivity index (χ4v) is 5.11. The zero-order valence-corrected chi connectivity index (χ0v) is 22.5. The molecule has 7 nitrogen and oxygen atoms in total. The van der Waals surface area contributed by atoms with Gasteiger partial charge in [-0.3, -0.25) is 4.79 Å². The average Bonchev–Trinajstić information content (AvgIpc) is 3.46. The first kappa shape index (κ1) is 25.6. The molecule has 0 bridgehead atoms. The van der Waals surface area contributed by atoms with Gasteiger partial charge in [0.2, 0.25) is 9.81 Å². The Balaban J connectivity index is 1.56. The molecule has 6 aromatic rings. The number of nitriles is 1. The Morgan fingerprint density at radius 1 is 0.805 bits per heavy atom. The highest BCUT2D eigenvalue weighted by Gasteiger charge is 2.18. The number of hydrogen-bond donors (Lipinski definition) is 1. The fraction of sp³-hybridized carbons (Fsp3) is 0. The molecule has 0 fully saturated rings. The third-order valence-corrected chi connectivity index (χ3v) is 7.16. The molecule has 1 N–H and O–H groups in total. The molecule has 4 aromatic carbocycles. The molecular weight excluding hydrogens is 528 g/mol. The SMILES string of the molecule is N#Cc1c(-c2ccccc2)cc(-c2ccccc2)nc1N=c1sc(C(=O)Nc2ccccc2)nn1-c1ccccc1. The van der Waals surface area contributed by atoms with Crippen molar-refractivity contribution in [3.63, 3.8) is 0 Å². The third kappa shape index (κ3) is 5.57. The summed E-state index contributed by atoms with van der Waals surface area (Å²) in [6.45, 7) is 0. The summed E-state index contributed by atoms with van der Waals surface area (Å²) < 4.78 is 1.60. The van der Waals surface area contributed by atoms with Crippen molar-refractivity contribution in [2.75, 3.05) is 5.32 Å². The van der Waals surface area contributed by atoms with E-state index < -0.39 is 0 Å². The van der Waals surface area contributed by atoms with Crippen molar-refractivity contribution in [1.29, 1.82) is 5.26 Å². The number of nitrogens with one attached hydrogen (secondary N) is 1. The van der Waals surface area contributed by atoms with Crippen molar-refractivity contribution in [2.24, 2.45) is 4.99 Å². The van der Waals surface area contributed by atoms with Crippen molar-refractivity contribution in [1.82, 2.24) is 14.8 Å². The molecule has 196 valence electrons. The number of pyridine rings is 1. The van der Waals surface area contributed by atoms with Gasteiger partial charge >= 0.3 is 0 Å². The quantitative estimate of drug-likeness (QED) is 0.241. The summed E-state index contributed by atoms with van der Waals surface area (Å²) >= 11 is 1.12. The van der Waals surface area contributed by atoms with Crippen molar-refractivity contribution in [2.45, 2.75) is 0 Å². The lowest BCUT2D eigenvalue weighted by Crippen LogP contribution is -2.15. The van der Waals surface area contributed by atoms with E-state index >= 15 is 0 Å². The van der Waals surface area contributed by atoms with Gasteiger partial charge in [0.1, 0.15) is 11.6 Å². The number of anilines is 1. The Labute approximate surface area is 240 Å². The molecule has 6 rings (SSSR count). The number of hydrogen-bond acceptors (Lipinski definition) is 6. The number of nitrogens with zero attached hydrogens (tertiary/aromatic N) is 5. The molecule has 0 unspecified atom stereocenters. The Bertz CT molecular complexity index is 1930. The lowest BCUT2D eigenvalue weighted by molar-refractivity contribution is 0.102. The molecule has 0 atom stereocenters. The number of aromatic nitrogens is 3. The molecule has 0 aliphatic heterocycles. The highest BCUT2D eigenvalue weighted by atomic mass is 32.1. The van der Waals surface area contributed by atoms with Crippen molar-refractivity contribution in [3.05, 3.63) is 143 Å². The highest BCUT2D eigenvalue weighted by molar-refractivity contribution is 7.11. The zero-order valence-electron chi connectivity index (χ0n) is 21.7. The van der Waals surface area contributed by atoms with Crippen LogP contribution in [0.3, 0.4) is 0 Å². The lowest BCUT2D eigenvalue weighted by atomic mass is 9.98. The topological polar surface area (TPSA) is 96.0 Å². The number of carbonyl (C=O) groups is 1. The molecule has 0 saturated carbocycles. The van der Waals surface area contributed by atoms with Crippen LogP contribution >= 0.6 is 11.3 Å². The predicted molar refractivity (Wildman–Crippen MR) is 161 cm³/mol. The summed E-state index contributed by atoms with van der Waals surface area (Å²) in [6, 6.07) is 42.3. The molecular formula is C33H22N6OS. The second-order valence-corrected chi connectivity index (χ2v) is 9.92. The van der Waals surface area contributed by atoms with E-state index in [2.05, 4.69) is 16.5 Å². The van der Waals surface area contributed by atoms with E-state index in [1.807, 2.05) is 127 Å². The summed E-state index contributed by atoms with van der Waals surface area (Å²) in [6.07, 6.45) is 0. The largest absolute Gasteiger partial charge is 0.320 e. The van der Waals surface area contributed by atoms with Gasteiger partial charge in [0.05, 0.1) is 11.4 Å². The number of benzene rings is 4. The van der Waals surface area contributed by atoms with Crippen LogP contribution in [-0.2, 0) is 0 Å². The number of para-hydroxylation sites is 2. The Kier molecular flexibility index (Phi) is 7.26. The van der Waals surface area contributed by atoms with E-state index in [0.29, 0.717) is 21.7 Å². The summed E-state index contributed by atoms with van der Waals surface area (Å²) in [5.74, 6) is -0.111. The standard InChI is InChI=1S/C33H22N6OS/c34-22-28-27(23-13-5-1-6-14-23)21-29(24-15-7-2-8-16-24)36-30(28)37-33-39(26-19-11-4-12-20-26)38-32(41-33)31(40)35-25-17-9-3-10-18-25/h1-21H,(H,35,40). The summed E-state index contributed by atoms with van der Waals surface area (Å²) in [5.41, 5.74) is 4.89. The average molecular weight is 551 g/mol. The van der Waals surface area contributed by atoms with Gasteiger partial charge in [-0.25, -0.2) is 9.67 Å². The first-order valence-electron chi connectivity index (χ1n) is 12.8. The van der Waals surface area contributed by atoms with Crippen LogP contribution in [0.2, 0.25) is 0 Å². The van der Waals surface area contributed by atoms with Crippen LogP contribution in [0.15, 0.2) is 132 Å². The minimum absolute atomic E-state index is 0.220. The molecule has 1 amide bonds. The normalized spacial score (nSPS) is 11.1. The monoisotopic (exact) mass is 550 g/mol. The van der Waals surface area contributed by atoms with Crippen molar-refractivity contribution >= 4 is 28.7 Å². The molecule has 0 saturated heterocycles. The number of amides is 1. The second-order valence-electron chi connectivity index (χ2n) is 8.97. The summed E-state index contributed by atoms with van der Waals surface area (Å²) in [4.78, 5) is 23.3. The molecule has 2 heterocycles. The smallest absolute Gasteiger partial charge is 0.286 e. The van der Waals surface area contributed by atoms with Gasteiger partial charge in [0, 0.05) is 16.8 Å². The first-order chi connectivity index (χ1) is 20.2. The van der Waals surface area contributed by atoms with E-state index in [0.717, 1.165) is 33.7 Å². The fourth-order valence-electron chi connectivity index (χ4n) is 4.30. The van der Waals surface area contributed by atoms with Crippen molar-refractivity contribution in [3.8, 4) is 34.1 Å². The maximum atomic E-state index is 13.2. The van der Waals surface area contributed by atoms with Gasteiger partial charge in [-0.15, -0.1) is 5.10 Å².